The largest absolute Gasteiger partial charge is 0.398 e. The number of unbranched alkanes of at least 4 members (excludes halogenated alkanes) is 1. The summed E-state index contributed by atoms with van der Waals surface area (Å²) in [6.45, 7) is -0.0829. The molecule has 0 fully saturated rings. The summed E-state index contributed by atoms with van der Waals surface area (Å²) in [4.78, 5) is -0.141. The van der Waals surface area contributed by atoms with E-state index in [0.717, 1.165) is 0 Å². The van der Waals surface area contributed by atoms with E-state index in [2.05, 4.69) is 4.72 Å². The molecule has 0 aromatic heterocycles. The van der Waals surface area contributed by atoms with Crippen LogP contribution in [-0.2, 0) is 10.0 Å². The number of nitrogen functional groups attached to an aromatic ring is 1. The highest BCUT2D eigenvalue weighted by Gasteiger charge is 2.26. The van der Waals surface area contributed by atoms with E-state index in [-0.39, 0.29) is 30.0 Å². The highest BCUT2D eigenvalue weighted by atomic mass is 35.5. The average molecular weight is 331 g/mol. The monoisotopic (exact) mass is 330 g/mol. The number of nitrogens with two attached hydrogens (primary N) is 1. The van der Waals surface area contributed by atoms with E-state index >= 15 is 0 Å². The SMILES string of the molecule is Nc1cc(Cl)ccc1S(=O)(=O)NCCCCC(F)(F)F. The lowest BCUT2D eigenvalue weighted by atomic mass is 10.2. The second kappa shape index (κ2) is 6.64. The third kappa shape index (κ3) is 5.56. The van der Waals surface area contributed by atoms with Crippen LogP contribution >= 0.6 is 11.6 Å². The molecule has 0 radical (unpaired) electrons. The molecule has 3 N–H and O–H groups in total. The number of benzene rings is 1. The van der Waals surface area contributed by atoms with E-state index in [4.69, 9.17) is 17.3 Å². The van der Waals surface area contributed by atoms with Gasteiger partial charge in [0.2, 0.25) is 10.0 Å². The standard InChI is InChI=1S/C11H14ClF3N2O2S/c12-8-3-4-10(9(16)7-8)20(18,19)17-6-2-1-5-11(13,14)15/h3-4,7,17H,1-2,5-6,16H2. The third-order valence-electron chi connectivity index (χ3n) is 2.44. The number of rotatable bonds is 6. The Hall–Kier alpha value is -0.990. The number of nitrogens with one attached hydrogen (secondary N) is 1. The maximum absolute atomic E-state index is 11.9. The molecule has 0 bridgehead atoms. The van der Waals surface area contributed by atoms with Gasteiger partial charge < -0.3 is 5.73 Å². The first-order valence-electron chi connectivity index (χ1n) is 5.73. The normalized spacial score (nSPS) is 12.6. The Morgan fingerprint density at radius 1 is 1.25 bits per heavy atom. The first-order chi connectivity index (χ1) is 9.12. The van der Waals surface area contributed by atoms with Crippen LogP contribution in [0.1, 0.15) is 19.3 Å². The molecule has 0 aliphatic rings. The minimum atomic E-state index is -4.22. The molecule has 0 aliphatic carbocycles. The van der Waals surface area contributed by atoms with Gasteiger partial charge in [-0.3, -0.25) is 0 Å². The summed E-state index contributed by atoms with van der Waals surface area (Å²) in [5.41, 5.74) is 5.53. The fraction of sp³-hybridized carbons (Fsp3) is 0.455. The molecule has 0 heterocycles. The minimum absolute atomic E-state index is 0.0136. The molecular formula is C11H14ClF3N2O2S. The summed E-state index contributed by atoms with van der Waals surface area (Å²) in [6.07, 6.45) is -5.20. The van der Waals surface area contributed by atoms with Gasteiger partial charge in [-0.1, -0.05) is 11.6 Å². The zero-order valence-corrected chi connectivity index (χ0v) is 11.9. The third-order valence-corrected chi connectivity index (χ3v) is 4.21. The van der Waals surface area contributed by atoms with Gasteiger partial charge in [0.1, 0.15) is 4.90 Å². The maximum Gasteiger partial charge on any atom is 0.389 e. The maximum atomic E-state index is 11.9. The van der Waals surface area contributed by atoms with Gasteiger partial charge in [-0.25, -0.2) is 13.1 Å². The van der Waals surface area contributed by atoms with Gasteiger partial charge in [0.05, 0.1) is 5.69 Å². The number of halogens is 4. The molecule has 0 aliphatic heterocycles. The summed E-state index contributed by atoms with van der Waals surface area (Å²) >= 11 is 5.65. The molecule has 4 nitrogen and oxygen atoms in total. The predicted octanol–water partition coefficient (Wildman–Crippen LogP) is 2.93. The van der Waals surface area contributed by atoms with Gasteiger partial charge in [-0.05, 0) is 31.0 Å². The smallest absolute Gasteiger partial charge is 0.389 e. The Kier molecular flexibility index (Phi) is 5.67. The van der Waals surface area contributed by atoms with Crippen LogP contribution in [0.5, 0.6) is 0 Å². The minimum Gasteiger partial charge on any atom is -0.398 e. The van der Waals surface area contributed by atoms with E-state index in [9.17, 15) is 21.6 Å². The molecule has 1 rings (SSSR count). The molecule has 1 aromatic carbocycles. The quantitative estimate of drug-likeness (QED) is 0.622. The fourth-order valence-corrected chi connectivity index (χ4v) is 2.86. The molecule has 20 heavy (non-hydrogen) atoms. The van der Waals surface area contributed by atoms with Crippen LogP contribution in [0.2, 0.25) is 5.02 Å². The lowest BCUT2D eigenvalue weighted by molar-refractivity contribution is -0.135. The zero-order chi connectivity index (χ0) is 15.4. The van der Waals surface area contributed by atoms with Crippen molar-refractivity contribution in [3.05, 3.63) is 23.2 Å². The summed E-state index contributed by atoms with van der Waals surface area (Å²) in [7, 11) is -3.84. The Morgan fingerprint density at radius 3 is 2.45 bits per heavy atom. The lowest BCUT2D eigenvalue weighted by Crippen LogP contribution is -2.25. The molecule has 1 aromatic rings. The van der Waals surface area contributed by atoms with Crippen LogP contribution in [0.3, 0.4) is 0 Å². The second-order valence-electron chi connectivity index (χ2n) is 4.15. The molecule has 0 saturated heterocycles. The van der Waals surface area contributed by atoms with Crippen LogP contribution in [-0.4, -0.2) is 21.1 Å². The summed E-state index contributed by atoms with van der Waals surface area (Å²) in [6, 6.07) is 3.91. The number of alkyl halides is 3. The van der Waals surface area contributed by atoms with Gasteiger partial charge >= 0.3 is 6.18 Å². The first kappa shape index (κ1) is 17.1. The van der Waals surface area contributed by atoms with Crippen molar-refractivity contribution < 1.29 is 21.6 Å². The zero-order valence-electron chi connectivity index (χ0n) is 10.4. The molecule has 0 saturated carbocycles. The van der Waals surface area contributed by atoms with Crippen molar-refractivity contribution in [2.75, 3.05) is 12.3 Å². The molecule has 0 amide bonds. The Morgan fingerprint density at radius 2 is 1.90 bits per heavy atom. The first-order valence-corrected chi connectivity index (χ1v) is 7.59. The Balaban J connectivity index is 2.54. The summed E-state index contributed by atoms with van der Waals surface area (Å²) in [5.74, 6) is 0. The molecule has 114 valence electrons. The Labute approximate surface area is 120 Å². The predicted molar refractivity (Wildman–Crippen MR) is 71.0 cm³/mol. The molecule has 9 heteroatoms. The van der Waals surface area contributed by atoms with Crippen molar-refractivity contribution in [1.82, 2.24) is 4.72 Å². The van der Waals surface area contributed by atoms with E-state index < -0.39 is 22.6 Å². The summed E-state index contributed by atoms with van der Waals surface area (Å²) in [5, 5.41) is 0.298. The van der Waals surface area contributed by atoms with Crippen molar-refractivity contribution in [2.45, 2.75) is 30.3 Å². The van der Waals surface area contributed by atoms with Crippen molar-refractivity contribution >= 4 is 27.3 Å². The topological polar surface area (TPSA) is 72.2 Å². The second-order valence-corrected chi connectivity index (χ2v) is 6.32. The van der Waals surface area contributed by atoms with Crippen LogP contribution in [0, 0.1) is 0 Å². The molecule has 0 spiro atoms. The lowest BCUT2D eigenvalue weighted by Gasteiger charge is -2.10. The molecule has 0 unspecified atom stereocenters. The van der Waals surface area contributed by atoms with Crippen molar-refractivity contribution in [2.24, 2.45) is 0 Å². The molecule has 0 atom stereocenters. The van der Waals surface area contributed by atoms with Crippen LogP contribution < -0.4 is 10.5 Å². The van der Waals surface area contributed by atoms with E-state index in [0.29, 0.717) is 5.02 Å². The van der Waals surface area contributed by atoms with Gasteiger partial charge in [-0.15, -0.1) is 0 Å². The number of sulfonamides is 1. The summed E-state index contributed by atoms with van der Waals surface area (Å²) < 4.78 is 61.7. The van der Waals surface area contributed by atoms with Gasteiger partial charge in [0.25, 0.3) is 0 Å². The van der Waals surface area contributed by atoms with Crippen molar-refractivity contribution in [3.8, 4) is 0 Å². The highest BCUT2D eigenvalue weighted by molar-refractivity contribution is 7.89. The van der Waals surface area contributed by atoms with E-state index in [1.165, 1.54) is 18.2 Å². The van der Waals surface area contributed by atoms with E-state index in [1.807, 2.05) is 0 Å². The number of hydrogen-bond donors (Lipinski definition) is 2. The fourth-order valence-electron chi connectivity index (χ4n) is 1.50. The van der Waals surface area contributed by atoms with Crippen LogP contribution in [0.4, 0.5) is 18.9 Å². The van der Waals surface area contributed by atoms with Gasteiger partial charge in [0.15, 0.2) is 0 Å². The number of hydrogen-bond acceptors (Lipinski definition) is 3. The number of anilines is 1. The van der Waals surface area contributed by atoms with E-state index in [1.54, 1.807) is 0 Å². The average Bonchev–Trinajstić information content (AvgIpc) is 2.26. The van der Waals surface area contributed by atoms with Crippen molar-refractivity contribution in [3.63, 3.8) is 0 Å². The van der Waals surface area contributed by atoms with Crippen molar-refractivity contribution in [1.29, 1.82) is 0 Å². The Bertz CT molecular complexity index is 561. The van der Waals surface area contributed by atoms with Gasteiger partial charge in [-0.2, -0.15) is 13.2 Å². The van der Waals surface area contributed by atoms with Gasteiger partial charge in [0, 0.05) is 18.0 Å². The highest BCUT2D eigenvalue weighted by Crippen LogP contribution is 2.23. The van der Waals surface area contributed by atoms with Crippen LogP contribution in [0.15, 0.2) is 23.1 Å². The molecular weight excluding hydrogens is 317 g/mol. The van der Waals surface area contributed by atoms with Crippen LogP contribution in [0.25, 0.3) is 0 Å².